The van der Waals surface area contributed by atoms with Gasteiger partial charge in [-0.2, -0.15) is 0 Å². The summed E-state index contributed by atoms with van der Waals surface area (Å²) in [6, 6.07) is 13.2. The number of para-hydroxylation sites is 1. The molecule has 0 amide bonds. The van der Waals surface area contributed by atoms with Crippen LogP contribution in [0.5, 0.6) is 0 Å². The van der Waals surface area contributed by atoms with E-state index in [9.17, 15) is 9.90 Å². The van der Waals surface area contributed by atoms with Gasteiger partial charge in [0.25, 0.3) is 0 Å². The topological polar surface area (TPSA) is 40.5 Å². The lowest BCUT2D eigenvalue weighted by molar-refractivity contribution is 0.0697. The van der Waals surface area contributed by atoms with Crippen molar-refractivity contribution >= 4 is 17.3 Å². The maximum absolute atomic E-state index is 11.3. The number of nitrogens with zero attached hydrogens (tertiary/aromatic N) is 1. The Morgan fingerprint density at radius 1 is 1.05 bits per heavy atom. The van der Waals surface area contributed by atoms with Crippen molar-refractivity contribution in [2.24, 2.45) is 0 Å². The molecule has 2 aromatic rings. The molecule has 3 heteroatoms. The SMILES string of the molecule is Cc1cc(C)cc(N(C)c2ccccc2C(=O)O)c1. The number of anilines is 2. The molecule has 0 unspecified atom stereocenters. The van der Waals surface area contributed by atoms with Crippen LogP contribution < -0.4 is 4.90 Å². The largest absolute Gasteiger partial charge is 0.478 e. The summed E-state index contributed by atoms with van der Waals surface area (Å²) < 4.78 is 0. The number of aromatic carboxylic acids is 1. The Labute approximate surface area is 113 Å². The Morgan fingerprint density at radius 3 is 2.21 bits per heavy atom. The van der Waals surface area contributed by atoms with Crippen LogP contribution in [0, 0.1) is 13.8 Å². The van der Waals surface area contributed by atoms with Gasteiger partial charge in [-0.3, -0.25) is 0 Å². The van der Waals surface area contributed by atoms with Crippen LogP contribution in [0.3, 0.4) is 0 Å². The molecule has 0 saturated heterocycles. The highest BCUT2D eigenvalue weighted by Crippen LogP contribution is 2.28. The molecule has 0 aromatic heterocycles. The second-order valence-electron chi connectivity index (χ2n) is 4.73. The number of carboxylic acid groups (broad SMARTS) is 1. The van der Waals surface area contributed by atoms with Gasteiger partial charge in [0.15, 0.2) is 0 Å². The predicted molar refractivity (Wildman–Crippen MR) is 77.4 cm³/mol. The molecule has 2 aromatic carbocycles. The summed E-state index contributed by atoms with van der Waals surface area (Å²) in [7, 11) is 1.88. The fourth-order valence-corrected chi connectivity index (χ4v) is 2.23. The van der Waals surface area contributed by atoms with Crippen molar-refractivity contribution in [2.75, 3.05) is 11.9 Å². The van der Waals surface area contributed by atoms with Crippen LogP contribution >= 0.6 is 0 Å². The molecule has 0 bridgehead atoms. The third-order valence-corrected chi connectivity index (χ3v) is 3.09. The second kappa shape index (κ2) is 5.14. The third kappa shape index (κ3) is 2.76. The number of hydrogen-bond donors (Lipinski definition) is 1. The molecule has 0 aliphatic rings. The number of hydrogen-bond acceptors (Lipinski definition) is 2. The number of aryl methyl sites for hydroxylation is 2. The van der Waals surface area contributed by atoms with E-state index in [1.54, 1.807) is 12.1 Å². The van der Waals surface area contributed by atoms with Gasteiger partial charge in [-0.1, -0.05) is 18.2 Å². The van der Waals surface area contributed by atoms with Gasteiger partial charge in [0.1, 0.15) is 0 Å². The van der Waals surface area contributed by atoms with E-state index < -0.39 is 5.97 Å². The normalized spacial score (nSPS) is 10.3. The van der Waals surface area contributed by atoms with Crippen LogP contribution in [0.1, 0.15) is 21.5 Å². The van der Waals surface area contributed by atoms with E-state index in [-0.39, 0.29) is 0 Å². The molecule has 3 nitrogen and oxygen atoms in total. The molecular formula is C16H17NO2. The van der Waals surface area contributed by atoms with Gasteiger partial charge >= 0.3 is 5.97 Å². The van der Waals surface area contributed by atoms with Crippen molar-refractivity contribution in [1.29, 1.82) is 0 Å². The molecular weight excluding hydrogens is 238 g/mol. The molecule has 0 aliphatic carbocycles. The highest BCUT2D eigenvalue weighted by molar-refractivity contribution is 5.95. The summed E-state index contributed by atoms with van der Waals surface area (Å²) in [4.78, 5) is 13.2. The van der Waals surface area contributed by atoms with E-state index in [1.807, 2.05) is 50.1 Å². The average Bonchev–Trinajstić information content (AvgIpc) is 2.36. The van der Waals surface area contributed by atoms with E-state index in [1.165, 1.54) is 0 Å². The van der Waals surface area contributed by atoms with Crippen molar-refractivity contribution in [3.05, 3.63) is 59.2 Å². The Hall–Kier alpha value is -2.29. The molecule has 1 N–H and O–H groups in total. The number of rotatable bonds is 3. The molecule has 0 heterocycles. The number of carboxylic acids is 1. The molecule has 0 saturated carbocycles. The molecule has 0 radical (unpaired) electrons. The number of carbonyl (C=O) groups is 1. The fourth-order valence-electron chi connectivity index (χ4n) is 2.23. The Balaban J connectivity index is 2.49. The van der Waals surface area contributed by atoms with E-state index in [0.717, 1.165) is 16.8 Å². The molecule has 0 spiro atoms. The molecule has 0 fully saturated rings. The van der Waals surface area contributed by atoms with E-state index >= 15 is 0 Å². The van der Waals surface area contributed by atoms with Crippen LogP contribution in [0.4, 0.5) is 11.4 Å². The van der Waals surface area contributed by atoms with Gasteiger partial charge in [0.2, 0.25) is 0 Å². The highest BCUT2D eigenvalue weighted by Gasteiger charge is 2.14. The fraction of sp³-hybridized carbons (Fsp3) is 0.188. The molecule has 98 valence electrons. The van der Waals surface area contributed by atoms with Crippen molar-refractivity contribution in [2.45, 2.75) is 13.8 Å². The van der Waals surface area contributed by atoms with Crippen LogP contribution in [0.2, 0.25) is 0 Å². The smallest absolute Gasteiger partial charge is 0.337 e. The van der Waals surface area contributed by atoms with Crippen LogP contribution in [0.15, 0.2) is 42.5 Å². The summed E-state index contributed by atoms with van der Waals surface area (Å²) in [5, 5.41) is 9.24. The monoisotopic (exact) mass is 255 g/mol. The standard InChI is InChI=1S/C16H17NO2/c1-11-8-12(2)10-13(9-11)17(3)15-7-5-4-6-14(15)16(18)19/h4-10H,1-3H3,(H,18,19). The maximum atomic E-state index is 11.3. The van der Waals surface area contributed by atoms with Gasteiger partial charge in [0.05, 0.1) is 11.3 Å². The average molecular weight is 255 g/mol. The van der Waals surface area contributed by atoms with Crippen LogP contribution in [-0.2, 0) is 0 Å². The van der Waals surface area contributed by atoms with Crippen molar-refractivity contribution in [3.8, 4) is 0 Å². The minimum atomic E-state index is -0.910. The first-order valence-corrected chi connectivity index (χ1v) is 6.13. The molecule has 2 rings (SSSR count). The van der Waals surface area contributed by atoms with E-state index in [0.29, 0.717) is 11.3 Å². The van der Waals surface area contributed by atoms with Crippen molar-refractivity contribution in [3.63, 3.8) is 0 Å². The van der Waals surface area contributed by atoms with E-state index in [4.69, 9.17) is 0 Å². The summed E-state index contributed by atoms with van der Waals surface area (Å²) in [6.07, 6.45) is 0. The maximum Gasteiger partial charge on any atom is 0.337 e. The van der Waals surface area contributed by atoms with Crippen LogP contribution in [0.25, 0.3) is 0 Å². The minimum Gasteiger partial charge on any atom is -0.478 e. The van der Waals surface area contributed by atoms with Gasteiger partial charge < -0.3 is 10.0 Å². The van der Waals surface area contributed by atoms with Crippen LogP contribution in [-0.4, -0.2) is 18.1 Å². The summed E-state index contributed by atoms with van der Waals surface area (Å²) in [5.41, 5.74) is 4.32. The molecule has 0 atom stereocenters. The summed E-state index contributed by atoms with van der Waals surface area (Å²) >= 11 is 0. The quantitative estimate of drug-likeness (QED) is 0.907. The lowest BCUT2D eigenvalue weighted by atomic mass is 10.1. The summed E-state index contributed by atoms with van der Waals surface area (Å²) in [6.45, 7) is 4.07. The lowest BCUT2D eigenvalue weighted by Crippen LogP contribution is -2.14. The van der Waals surface area contributed by atoms with Crippen molar-refractivity contribution in [1.82, 2.24) is 0 Å². The predicted octanol–water partition coefficient (Wildman–Crippen LogP) is 3.77. The first kappa shape index (κ1) is 13.1. The minimum absolute atomic E-state index is 0.309. The van der Waals surface area contributed by atoms with E-state index in [2.05, 4.69) is 6.07 Å². The molecule has 0 aliphatic heterocycles. The van der Waals surface area contributed by atoms with Gasteiger partial charge in [0, 0.05) is 12.7 Å². The van der Waals surface area contributed by atoms with Gasteiger partial charge in [-0.25, -0.2) is 4.79 Å². The Bertz CT molecular complexity index is 600. The van der Waals surface area contributed by atoms with Gasteiger partial charge in [-0.05, 0) is 49.2 Å². The Kier molecular flexibility index (Phi) is 3.56. The van der Waals surface area contributed by atoms with Crippen molar-refractivity contribution < 1.29 is 9.90 Å². The number of benzene rings is 2. The molecule has 19 heavy (non-hydrogen) atoms. The first-order chi connectivity index (χ1) is 8.99. The lowest BCUT2D eigenvalue weighted by Gasteiger charge is -2.22. The Morgan fingerprint density at radius 2 is 1.63 bits per heavy atom. The second-order valence-corrected chi connectivity index (χ2v) is 4.73. The van der Waals surface area contributed by atoms with Gasteiger partial charge in [-0.15, -0.1) is 0 Å². The third-order valence-electron chi connectivity index (χ3n) is 3.09. The zero-order valence-electron chi connectivity index (χ0n) is 11.3. The first-order valence-electron chi connectivity index (χ1n) is 6.13. The zero-order valence-corrected chi connectivity index (χ0v) is 11.3. The summed E-state index contributed by atoms with van der Waals surface area (Å²) in [5.74, 6) is -0.910. The zero-order chi connectivity index (χ0) is 14.0. The highest BCUT2D eigenvalue weighted by atomic mass is 16.4.